The predicted octanol–water partition coefficient (Wildman–Crippen LogP) is 4.22. The number of esters is 1. The van der Waals surface area contributed by atoms with Crippen LogP contribution >= 0.6 is 11.3 Å². The Kier molecular flexibility index (Phi) is 5.10. The van der Waals surface area contributed by atoms with Crippen LogP contribution in [0.4, 0.5) is 0 Å². The summed E-state index contributed by atoms with van der Waals surface area (Å²) in [5.74, 6) is 0.273. The first-order valence-corrected chi connectivity index (χ1v) is 10.0. The van der Waals surface area contributed by atoms with Gasteiger partial charge in [0.25, 0.3) is 0 Å². The Hall–Kier alpha value is -3.13. The highest BCUT2D eigenvalue weighted by molar-refractivity contribution is 7.18. The van der Waals surface area contributed by atoms with Gasteiger partial charge in [-0.2, -0.15) is 0 Å². The van der Waals surface area contributed by atoms with E-state index in [4.69, 9.17) is 9.15 Å². The second-order valence-electron chi connectivity index (χ2n) is 7.53. The molecule has 0 aliphatic heterocycles. The average Bonchev–Trinajstić information content (AvgIpc) is 3.26. The summed E-state index contributed by atoms with van der Waals surface area (Å²) < 4.78 is 11.9. The van der Waals surface area contributed by atoms with E-state index in [9.17, 15) is 4.79 Å². The lowest BCUT2D eigenvalue weighted by molar-refractivity contribution is -0.154. The molecule has 0 atom stereocenters. The number of carbonyl (C=O) groups excluding carboxylic acids is 1. The fourth-order valence-corrected chi connectivity index (χ4v) is 3.80. The fourth-order valence-electron chi connectivity index (χ4n) is 2.80. The smallest absolute Gasteiger partial charge is 0.315 e. The maximum absolute atomic E-state index is 11.9. The minimum atomic E-state index is -0.547. The van der Waals surface area contributed by atoms with E-state index in [1.165, 1.54) is 0 Å². The lowest BCUT2D eigenvalue weighted by Gasteiger charge is -2.18. The van der Waals surface area contributed by atoms with Crippen LogP contribution in [0.15, 0.2) is 47.0 Å². The standard InChI is InChI=1S/C21H20N4O3S/c1-21(2,3)28-20(26)12-18-25-24-17(27-18)11-19-23-15-8-7-13(10-16(15)29-19)14-6-4-5-9-22-14/h4-10H,11-12H2,1-3H3. The third-order valence-corrected chi connectivity index (χ3v) is 4.94. The first-order chi connectivity index (χ1) is 13.9. The van der Waals surface area contributed by atoms with Gasteiger partial charge in [0.15, 0.2) is 0 Å². The summed E-state index contributed by atoms with van der Waals surface area (Å²) in [7, 11) is 0. The fraction of sp³-hybridized carbons (Fsp3) is 0.286. The van der Waals surface area contributed by atoms with Crippen molar-refractivity contribution in [1.82, 2.24) is 20.2 Å². The number of nitrogens with zero attached hydrogens (tertiary/aromatic N) is 4. The minimum Gasteiger partial charge on any atom is -0.460 e. The topological polar surface area (TPSA) is 91.0 Å². The molecule has 4 rings (SSSR count). The molecule has 0 amide bonds. The third kappa shape index (κ3) is 4.83. The first-order valence-electron chi connectivity index (χ1n) is 9.20. The molecule has 0 bridgehead atoms. The molecule has 0 N–H and O–H groups in total. The molecule has 0 saturated carbocycles. The van der Waals surface area contributed by atoms with Crippen LogP contribution in [-0.2, 0) is 22.4 Å². The van der Waals surface area contributed by atoms with E-state index in [1.807, 2.05) is 51.1 Å². The molecule has 29 heavy (non-hydrogen) atoms. The summed E-state index contributed by atoms with van der Waals surface area (Å²) in [6.07, 6.45) is 2.15. The number of thiazole rings is 1. The number of hydrogen-bond donors (Lipinski definition) is 0. The van der Waals surface area contributed by atoms with Crippen LogP contribution < -0.4 is 0 Å². The van der Waals surface area contributed by atoms with E-state index >= 15 is 0 Å². The number of ether oxygens (including phenoxy) is 1. The van der Waals surface area contributed by atoms with Gasteiger partial charge in [0, 0.05) is 11.8 Å². The number of fused-ring (bicyclic) bond motifs is 1. The normalized spacial score (nSPS) is 11.7. The highest BCUT2D eigenvalue weighted by atomic mass is 32.1. The number of rotatable bonds is 5. The van der Waals surface area contributed by atoms with E-state index < -0.39 is 11.6 Å². The van der Waals surface area contributed by atoms with E-state index in [0.29, 0.717) is 12.3 Å². The van der Waals surface area contributed by atoms with Gasteiger partial charge in [-0.3, -0.25) is 9.78 Å². The van der Waals surface area contributed by atoms with Crippen LogP contribution in [0, 0.1) is 0 Å². The number of hydrogen-bond acceptors (Lipinski definition) is 8. The van der Waals surface area contributed by atoms with Gasteiger partial charge >= 0.3 is 5.97 Å². The molecule has 3 heterocycles. The Balaban J connectivity index is 1.47. The van der Waals surface area contributed by atoms with Crippen molar-refractivity contribution in [2.75, 3.05) is 0 Å². The van der Waals surface area contributed by atoms with E-state index in [2.05, 4.69) is 26.2 Å². The molecule has 7 nitrogen and oxygen atoms in total. The van der Waals surface area contributed by atoms with Crippen LogP contribution in [0.1, 0.15) is 37.6 Å². The van der Waals surface area contributed by atoms with Gasteiger partial charge in [-0.25, -0.2) is 4.98 Å². The third-order valence-electron chi connectivity index (χ3n) is 3.92. The highest BCUT2D eigenvalue weighted by Crippen LogP contribution is 2.28. The molecule has 8 heteroatoms. The minimum absolute atomic E-state index is 0.0441. The van der Waals surface area contributed by atoms with Gasteiger partial charge in [0.2, 0.25) is 11.8 Å². The Labute approximate surface area is 171 Å². The van der Waals surface area contributed by atoms with Crippen LogP contribution in [0.2, 0.25) is 0 Å². The lowest BCUT2D eigenvalue weighted by Crippen LogP contribution is -2.24. The Morgan fingerprint density at radius 1 is 1.14 bits per heavy atom. The van der Waals surface area contributed by atoms with Crippen LogP contribution in [0.3, 0.4) is 0 Å². The molecule has 0 aliphatic rings. The average molecular weight is 408 g/mol. The first kappa shape index (κ1) is 19.2. The molecule has 1 aromatic carbocycles. The Morgan fingerprint density at radius 2 is 1.97 bits per heavy atom. The van der Waals surface area contributed by atoms with Gasteiger partial charge in [0.05, 0.1) is 22.3 Å². The van der Waals surface area contributed by atoms with Crippen molar-refractivity contribution < 1.29 is 13.9 Å². The van der Waals surface area contributed by atoms with Crippen molar-refractivity contribution in [3.8, 4) is 11.3 Å². The van der Waals surface area contributed by atoms with Crippen molar-refractivity contribution in [3.05, 3.63) is 59.4 Å². The molecule has 0 spiro atoms. The molecular formula is C21H20N4O3S. The van der Waals surface area contributed by atoms with Crippen LogP contribution in [0.5, 0.6) is 0 Å². The number of benzene rings is 1. The van der Waals surface area contributed by atoms with Crippen LogP contribution in [0.25, 0.3) is 21.5 Å². The monoisotopic (exact) mass is 408 g/mol. The van der Waals surface area contributed by atoms with Crippen LogP contribution in [-0.4, -0.2) is 31.7 Å². The molecule has 0 fully saturated rings. The number of carbonyl (C=O) groups is 1. The molecule has 3 aromatic heterocycles. The summed E-state index contributed by atoms with van der Waals surface area (Å²) in [4.78, 5) is 20.9. The molecule has 4 aromatic rings. The maximum atomic E-state index is 11.9. The summed E-state index contributed by atoms with van der Waals surface area (Å²) in [6, 6.07) is 11.9. The quantitative estimate of drug-likeness (QED) is 0.457. The lowest BCUT2D eigenvalue weighted by atomic mass is 10.1. The van der Waals surface area contributed by atoms with Gasteiger partial charge in [0.1, 0.15) is 17.0 Å². The zero-order valence-electron chi connectivity index (χ0n) is 16.4. The number of pyridine rings is 1. The summed E-state index contributed by atoms with van der Waals surface area (Å²) >= 11 is 1.57. The van der Waals surface area contributed by atoms with E-state index in [-0.39, 0.29) is 12.3 Å². The largest absolute Gasteiger partial charge is 0.460 e. The second kappa shape index (κ2) is 7.71. The number of aromatic nitrogens is 4. The van der Waals surface area contributed by atoms with Gasteiger partial charge in [-0.05, 0) is 45.0 Å². The summed E-state index contributed by atoms with van der Waals surface area (Å²) in [5, 5.41) is 8.84. The molecule has 0 aliphatic carbocycles. The SMILES string of the molecule is CC(C)(C)OC(=O)Cc1nnc(Cc2nc3ccc(-c4ccccn4)cc3s2)o1. The van der Waals surface area contributed by atoms with E-state index in [1.54, 1.807) is 17.5 Å². The van der Waals surface area contributed by atoms with Crippen molar-refractivity contribution in [2.24, 2.45) is 0 Å². The Morgan fingerprint density at radius 3 is 2.72 bits per heavy atom. The van der Waals surface area contributed by atoms with E-state index in [0.717, 1.165) is 26.5 Å². The molecule has 0 saturated heterocycles. The Bertz CT molecular complexity index is 1150. The zero-order chi connectivity index (χ0) is 20.4. The summed E-state index contributed by atoms with van der Waals surface area (Å²) in [5.41, 5.74) is 2.34. The van der Waals surface area contributed by atoms with Gasteiger partial charge in [-0.1, -0.05) is 12.1 Å². The van der Waals surface area contributed by atoms with Crippen molar-refractivity contribution in [3.63, 3.8) is 0 Å². The molecular weight excluding hydrogens is 388 g/mol. The summed E-state index contributed by atoms with van der Waals surface area (Å²) in [6.45, 7) is 5.45. The highest BCUT2D eigenvalue weighted by Gasteiger charge is 2.19. The van der Waals surface area contributed by atoms with Crippen molar-refractivity contribution in [1.29, 1.82) is 0 Å². The maximum Gasteiger partial charge on any atom is 0.315 e. The predicted molar refractivity (Wildman–Crippen MR) is 110 cm³/mol. The zero-order valence-corrected chi connectivity index (χ0v) is 17.2. The van der Waals surface area contributed by atoms with Crippen molar-refractivity contribution >= 4 is 27.5 Å². The molecule has 0 unspecified atom stereocenters. The molecule has 148 valence electrons. The second-order valence-corrected chi connectivity index (χ2v) is 8.65. The van der Waals surface area contributed by atoms with Crippen molar-refractivity contribution in [2.45, 2.75) is 39.2 Å². The molecule has 0 radical (unpaired) electrons. The van der Waals surface area contributed by atoms with Gasteiger partial charge in [-0.15, -0.1) is 21.5 Å². The van der Waals surface area contributed by atoms with Gasteiger partial charge < -0.3 is 9.15 Å².